The molecule has 0 atom stereocenters. The summed E-state index contributed by atoms with van der Waals surface area (Å²) >= 11 is 0. The first-order chi connectivity index (χ1) is 7.44. The first-order valence-corrected chi connectivity index (χ1v) is 5.01. The number of nitrogens with one attached hydrogen (secondary N) is 1. The average molecular weight is 225 g/mol. The lowest BCUT2D eigenvalue weighted by molar-refractivity contribution is 0.0820. The van der Waals surface area contributed by atoms with Crippen LogP contribution >= 0.6 is 0 Å². The van der Waals surface area contributed by atoms with E-state index in [0.717, 1.165) is 0 Å². The average Bonchev–Trinajstić information content (AvgIpc) is 2.17. The van der Waals surface area contributed by atoms with E-state index in [1.165, 1.54) is 24.3 Å². The summed E-state index contributed by atoms with van der Waals surface area (Å²) < 4.78 is 17.6. The topological polar surface area (TPSA) is 38.3 Å². The molecule has 0 heterocycles. The van der Waals surface area contributed by atoms with Crippen molar-refractivity contribution in [2.24, 2.45) is 0 Å². The molecule has 1 aromatic carbocycles. The first-order valence-electron chi connectivity index (χ1n) is 5.01. The van der Waals surface area contributed by atoms with Gasteiger partial charge in [-0.25, -0.2) is 4.39 Å². The summed E-state index contributed by atoms with van der Waals surface area (Å²) in [4.78, 5) is 11.8. The molecule has 0 saturated heterocycles. The Morgan fingerprint density at radius 3 is 2.44 bits per heavy atom. The monoisotopic (exact) mass is 225 g/mol. The number of methoxy groups -OCH3 is 1. The summed E-state index contributed by atoms with van der Waals surface area (Å²) in [6, 6.07) is 5.43. The van der Waals surface area contributed by atoms with Crippen molar-refractivity contribution >= 4 is 5.91 Å². The Morgan fingerprint density at radius 1 is 1.38 bits per heavy atom. The van der Waals surface area contributed by atoms with E-state index in [1.54, 1.807) is 7.11 Å². The quantitative estimate of drug-likeness (QED) is 0.851. The summed E-state index contributed by atoms with van der Waals surface area (Å²) in [5.41, 5.74) is -0.00851. The number of hydrogen-bond donors (Lipinski definition) is 1. The second kappa shape index (κ2) is 5.07. The molecule has 1 N–H and O–H groups in total. The molecular weight excluding hydrogens is 209 g/mol. The van der Waals surface area contributed by atoms with Gasteiger partial charge in [-0.3, -0.25) is 4.79 Å². The number of carbonyl (C=O) groups excluding carboxylic acids is 1. The van der Waals surface area contributed by atoms with E-state index in [-0.39, 0.29) is 11.7 Å². The smallest absolute Gasteiger partial charge is 0.251 e. The van der Waals surface area contributed by atoms with Crippen LogP contribution in [0.1, 0.15) is 24.2 Å². The molecule has 0 aromatic heterocycles. The summed E-state index contributed by atoms with van der Waals surface area (Å²) in [6.45, 7) is 4.13. The minimum atomic E-state index is -0.444. The van der Waals surface area contributed by atoms with Gasteiger partial charge in [-0.05, 0) is 38.1 Å². The van der Waals surface area contributed by atoms with E-state index < -0.39 is 5.54 Å². The van der Waals surface area contributed by atoms with E-state index in [9.17, 15) is 9.18 Å². The molecule has 0 saturated carbocycles. The lowest BCUT2D eigenvalue weighted by atomic mass is 10.1. The number of halogens is 1. The van der Waals surface area contributed by atoms with Crippen molar-refractivity contribution < 1.29 is 13.9 Å². The minimum Gasteiger partial charge on any atom is -0.382 e. The number of rotatable bonds is 4. The minimum absolute atomic E-state index is 0.234. The molecule has 88 valence electrons. The zero-order chi connectivity index (χ0) is 12.2. The van der Waals surface area contributed by atoms with Crippen LogP contribution in [0.2, 0.25) is 0 Å². The van der Waals surface area contributed by atoms with Crippen molar-refractivity contribution in [3.63, 3.8) is 0 Å². The van der Waals surface area contributed by atoms with Gasteiger partial charge >= 0.3 is 0 Å². The molecule has 16 heavy (non-hydrogen) atoms. The molecule has 1 amide bonds. The summed E-state index contributed by atoms with van der Waals surface area (Å²) in [5.74, 6) is -0.588. The lowest BCUT2D eigenvalue weighted by Gasteiger charge is -2.25. The molecule has 4 heteroatoms. The van der Waals surface area contributed by atoms with Crippen LogP contribution in [-0.4, -0.2) is 25.2 Å². The Bertz CT molecular complexity index is 360. The zero-order valence-electron chi connectivity index (χ0n) is 9.71. The van der Waals surface area contributed by atoms with Crippen LogP contribution in [0.4, 0.5) is 4.39 Å². The van der Waals surface area contributed by atoms with Gasteiger partial charge < -0.3 is 10.1 Å². The van der Waals surface area contributed by atoms with E-state index in [2.05, 4.69) is 5.32 Å². The van der Waals surface area contributed by atoms with Gasteiger partial charge in [0.2, 0.25) is 0 Å². The number of benzene rings is 1. The van der Waals surface area contributed by atoms with Crippen LogP contribution in [0.15, 0.2) is 24.3 Å². The van der Waals surface area contributed by atoms with Crippen molar-refractivity contribution in [3.8, 4) is 0 Å². The first kappa shape index (κ1) is 12.6. The van der Waals surface area contributed by atoms with Crippen molar-refractivity contribution in [2.75, 3.05) is 13.7 Å². The third-order valence-electron chi connectivity index (χ3n) is 2.06. The van der Waals surface area contributed by atoms with Crippen LogP contribution in [-0.2, 0) is 4.74 Å². The molecule has 0 spiro atoms. The van der Waals surface area contributed by atoms with Crippen LogP contribution in [0.5, 0.6) is 0 Å². The highest BCUT2D eigenvalue weighted by molar-refractivity contribution is 5.94. The van der Waals surface area contributed by atoms with Gasteiger partial charge in [-0.15, -0.1) is 0 Å². The maximum Gasteiger partial charge on any atom is 0.251 e. The second-order valence-electron chi connectivity index (χ2n) is 4.28. The van der Waals surface area contributed by atoms with Crippen molar-refractivity contribution in [1.29, 1.82) is 0 Å². The van der Waals surface area contributed by atoms with E-state index in [1.807, 2.05) is 13.8 Å². The van der Waals surface area contributed by atoms with E-state index in [4.69, 9.17) is 4.74 Å². The van der Waals surface area contributed by atoms with Gasteiger partial charge in [0, 0.05) is 12.7 Å². The van der Waals surface area contributed by atoms with Gasteiger partial charge in [-0.2, -0.15) is 0 Å². The standard InChI is InChI=1S/C12H16FNO2/c1-12(2,8-16-3)14-11(15)9-4-6-10(13)7-5-9/h4-7H,8H2,1-3H3,(H,14,15). The third-order valence-corrected chi connectivity index (χ3v) is 2.06. The zero-order valence-corrected chi connectivity index (χ0v) is 9.71. The van der Waals surface area contributed by atoms with Crippen LogP contribution < -0.4 is 5.32 Å². The molecule has 3 nitrogen and oxygen atoms in total. The number of amides is 1. The Kier molecular flexibility index (Phi) is 4.01. The van der Waals surface area contributed by atoms with Crippen molar-refractivity contribution in [3.05, 3.63) is 35.6 Å². The highest BCUT2D eigenvalue weighted by Gasteiger charge is 2.20. The molecule has 0 fully saturated rings. The van der Waals surface area contributed by atoms with Crippen molar-refractivity contribution in [2.45, 2.75) is 19.4 Å². The third kappa shape index (κ3) is 3.62. The number of carbonyl (C=O) groups is 1. The van der Waals surface area contributed by atoms with Gasteiger partial charge in [0.15, 0.2) is 0 Å². The molecule has 0 aliphatic heterocycles. The SMILES string of the molecule is COCC(C)(C)NC(=O)c1ccc(F)cc1. The molecular formula is C12H16FNO2. The molecule has 0 radical (unpaired) electrons. The molecule has 1 rings (SSSR count). The van der Waals surface area contributed by atoms with Crippen LogP contribution in [0.3, 0.4) is 0 Å². The molecule has 0 unspecified atom stereocenters. The molecule has 0 aliphatic carbocycles. The van der Waals surface area contributed by atoms with E-state index >= 15 is 0 Å². The molecule has 0 bridgehead atoms. The number of ether oxygens (including phenoxy) is 1. The summed E-state index contributed by atoms with van der Waals surface area (Å²) in [7, 11) is 1.58. The molecule has 0 aliphatic rings. The maximum absolute atomic E-state index is 12.7. The predicted molar refractivity (Wildman–Crippen MR) is 59.8 cm³/mol. The fraction of sp³-hybridized carbons (Fsp3) is 0.417. The number of hydrogen-bond acceptors (Lipinski definition) is 2. The molecule has 1 aromatic rings. The summed E-state index contributed by atoms with van der Waals surface area (Å²) in [6.07, 6.45) is 0. The highest BCUT2D eigenvalue weighted by Crippen LogP contribution is 2.07. The van der Waals surface area contributed by atoms with Crippen LogP contribution in [0, 0.1) is 5.82 Å². The fourth-order valence-electron chi connectivity index (χ4n) is 1.38. The normalized spacial score (nSPS) is 11.2. The maximum atomic E-state index is 12.7. The Morgan fingerprint density at radius 2 is 1.94 bits per heavy atom. The van der Waals surface area contributed by atoms with E-state index in [0.29, 0.717) is 12.2 Å². The summed E-state index contributed by atoms with van der Waals surface area (Å²) in [5, 5.41) is 2.81. The van der Waals surface area contributed by atoms with Gasteiger partial charge in [0.1, 0.15) is 5.82 Å². The van der Waals surface area contributed by atoms with Gasteiger partial charge in [-0.1, -0.05) is 0 Å². The van der Waals surface area contributed by atoms with Crippen molar-refractivity contribution in [1.82, 2.24) is 5.32 Å². The highest BCUT2D eigenvalue weighted by atomic mass is 19.1. The predicted octanol–water partition coefficient (Wildman–Crippen LogP) is 1.98. The fourth-order valence-corrected chi connectivity index (χ4v) is 1.38. The van der Waals surface area contributed by atoms with Gasteiger partial charge in [0.05, 0.1) is 12.1 Å². The Labute approximate surface area is 94.6 Å². The van der Waals surface area contributed by atoms with Crippen LogP contribution in [0.25, 0.3) is 0 Å². The lowest BCUT2D eigenvalue weighted by Crippen LogP contribution is -2.46. The van der Waals surface area contributed by atoms with Gasteiger partial charge in [0.25, 0.3) is 5.91 Å². The Hall–Kier alpha value is -1.42. The second-order valence-corrected chi connectivity index (χ2v) is 4.28. The largest absolute Gasteiger partial charge is 0.382 e. The Balaban J connectivity index is 2.69.